The van der Waals surface area contributed by atoms with E-state index in [0.717, 1.165) is 17.9 Å². The molecule has 1 saturated carbocycles. The molecule has 1 heterocycles. The molecule has 4 rings (SSSR count). The van der Waals surface area contributed by atoms with E-state index in [2.05, 4.69) is 34.5 Å². The Bertz CT molecular complexity index is 445. The van der Waals surface area contributed by atoms with Crippen molar-refractivity contribution in [3.05, 3.63) is 35.4 Å². The zero-order valence-corrected chi connectivity index (χ0v) is 13.1. The predicted octanol–water partition coefficient (Wildman–Crippen LogP) is 2.87. The van der Waals surface area contributed by atoms with Gasteiger partial charge in [0.05, 0.1) is 0 Å². The Labute approximate surface area is 128 Å². The van der Waals surface area contributed by atoms with Crippen LogP contribution in [-0.2, 0) is 12.8 Å². The summed E-state index contributed by atoms with van der Waals surface area (Å²) in [4.78, 5) is 2.63. The van der Waals surface area contributed by atoms with Gasteiger partial charge < -0.3 is 10.2 Å². The quantitative estimate of drug-likeness (QED) is 0.914. The van der Waals surface area contributed by atoms with Crippen molar-refractivity contribution in [2.24, 2.45) is 11.8 Å². The van der Waals surface area contributed by atoms with Gasteiger partial charge in [0.2, 0.25) is 0 Å². The van der Waals surface area contributed by atoms with Crippen molar-refractivity contribution in [1.82, 2.24) is 10.2 Å². The molecule has 0 aromatic heterocycles. The molecule has 1 N–H and O–H groups in total. The molecule has 0 radical (unpaired) electrons. The van der Waals surface area contributed by atoms with Crippen LogP contribution in [0.3, 0.4) is 0 Å². The highest BCUT2D eigenvalue weighted by molar-refractivity contribution is 5.30. The van der Waals surface area contributed by atoms with Crippen LogP contribution in [0.5, 0.6) is 0 Å². The van der Waals surface area contributed by atoms with Gasteiger partial charge >= 0.3 is 0 Å². The predicted molar refractivity (Wildman–Crippen MR) is 87.5 cm³/mol. The summed E-state index contributed by atoms with van der Waals surface area (Å²) < 4.78 is 0. The summed E-state index contributed by atoms with van der Waals surface area (Å²) in [5.74, 6) is 1.74. The Morgan fingerprint density at radius 3 is 2.19 bits per heavy atom. The van der Waals surface area contributed by atoms with Gasteiger partial charge in [-0.1, -0.05) is 24.3 Å². The van der Waals surface area contributed by atoms with E-state index in [-0.39, 0.29) is 0 Å². The minimum absolute atomic E-state index is 0.764. The van der Waals surface area contributed by atoms with Gasteiger partial charge in [-0.15, -0.1) is 0 Å². The van der Waals surface area contributed by atoms with E-state index in [1.54, 1.807) is 11.1 Å². The first kappa shape index (κ1) is 13.8. The minimum Gasteiger partial charge on any atom is -0.312 e. The highest BCUT2D eigenvalue weighted by Gasteiger charge is 2.38. The van der Waals surface area contributed by atoms with Gasteiger partial charge in [0.1, 0.15) is 0 Å². The van der Waals surface area contributed by atoms with Crippen LogP contribution in [0.2, 0.25) is 0 Å². The number of nitrogens with one attached hydrogen (secondary N) is 1. The lowest BCUT2D eigenvalue weighted by Gasteiger charge is -2.25. The van der Waals surface area contributed by atoms with Crippen LogP contribution in [-0.4, -0.2) is 37.1 Å². The Morgan fingerprint density at radius 1 is 0.952 bits per heavy atom. The van der Waals surface area contributed by atoms with Crippen molar-refractivity contribution >= 4 is 0 Å². The Kier molecular flexibility index (Phi) is 4.00. The lowest BCUT2D eigenvalue weighted by molar-refractivity contribution is 0.293. The van der Waals surface area contributed by atoms with E-state index in [4.69, 9.17) is 0 Å². The Morgan fingerprint density at radius 2 is 1.57 bits per heavy atom. The van der Waals surface area contributed by atoms with Gasteiger partial charge in [-0.3, -0.25) is 0 Å². The molecule has 3 aliphatic rings. The third kappa shape index (κ3) is 2.89. The third-order valence-corrected chi connectivity index (χ3v) is 6.01. The first-order valence-electron chi connectivity index (χ1n) is 8.93. The van der Waals surface area contributed by atoms with Crippen LogP contribution in [0, 0.1) is 11.8 Å². The van der Waals surface area contributed by atoms with Gasteiger partial charge in [-0.2, -0.15) is 0 Å². The van der Waals surface area contributed by atoms with Crippen molar-refractivity contribution < 1.29 is 0 Å². The maximum absolute atomic E-state index is 3.94. The number of hydrogen-bond donors (Lipinski definition) is 1. The monoisotopic (exact) mass is 284 g/mol. The second-order valence-electron chi connectivity index (χ2n) is 7.30. The molecule has 1 saturated heterocycles. The smallest absolute Gasteiger partial charge is 0.0130 e. The summed E-state index contributed by atoms with van der Waals surface area (Å²) in [7, 11) is 0. The van der Waals surface area contributed by atoms with Gasteiger partial charge in [-0.25, -0.2) is 0 Å². The van der Waals surface area contributed by atoms with Gasteiger partial charge in [0.15, 0.2) is 0 Å². The zero-order chi connectivity index (χ0) is 14.1. The van der Waals surface area contributed by atoms with Crippen LogP contribution in [0.4, 0.5) is 0 Å². The van der Waals surface area contributed by atoms with Crippen LogP contribution in [0.15, 0.2) is 24.3 Å². The molecule has 2 nitrogen and oxygen atoms in total. The molecule has 2 heteroatoms. The van der Waals surface area contributed by atoms with E-state index in [1.165, 1.54) is 64.7 Å². The van der Waals surface area contributed by atoms with Crippen LogP contribution >= 0.6 is 0 Å². The second-order valence-corrected chi connectivity index (χ2v) is 7.30. The van der Waals surface area contributed by atoms with Crippen molar-refractivity contribution in [2.45, 2.75) is 44.6 Å². The first-order valence-corrected chi connectivity index (χ1v) is 8.93. The highest BCUT2D eigenvalue weighted by atomic mass is 15.2. The van der Waals surface area contributed by atoms with E-state index in [1.807, 2.05) is 0 Å². The summed E-state index contributed by atoms with van der Waals surface area (Å²) in [5, 5.41) is 3.94. The van der Waals surface area contributed by atoms with Crippen molar-refractivity contribution in [3.63, 3.8) is 0 Å². The summed E-state index contributed by atoms with van der Waals surface area (Å²) in [6, 6.07) is 9.91. The SMILES string of the molecule is c1ccc2c(c1)CC1CCC(C2)C1NCCN1CCCC1. The van der Waals surface area contributed by atoms with Crippen molar-refractivity contribution in [2.75, 3.05) is 26.2 Å². The summed E-state index contributed by atoms with van der Waals surface area (Å²) >= 11 is 0. The summed E-state index contributed by atoms with van der Waals surface area (Å²) in [6.07, 6.45) is 8.27. The molecule has 114 valence electrons. The van der Waals surface area contributed by atoms with E-state index in [9.17, 15) is 0 Å². The lowest BCUT2D eigenvalue weighted by Crippen LogP contribution is -2.41. The number of fused-ring (bicyclic) bond motifs is 3. The van der Waals surface area contributed by atoms with Crippen LogP contribution in [0.1, 0.15) is 36.8 Å². The third-order valence-electron chi connectivity index (χ3n) is 6.01. The van der Waals surface area contributed by atoms with E-state index >= 15 is 0 Å². The molecule has 1 aromatic rings. The molecule has 1 aromatic carbocycles. The van der Waals surface area contributed by atoms with Crippen LogP contribution in [0.25, 0.3) is 0 Å². The molecule has 1 aliphatic heterocycles. The second kappa shape index (κ2) is 6.10. The lowest BCUT2D eigenvalue weighted by atomic mass is 9.94. The van der Waals surface area contributed by atoms with Crippen LogP contribution < -0.4 is 5.32 Å². The molecular formula is C19H28N2. The van der Waals surface area contributed by atoms with Gasteiger partial charge in [0, 0.05) is 19.1 Å². The molecule has 2 bridgehead atoms. The fraction of sp³-hybridized carbons (Fsp3) is 0.684. The number of benzene rings is 1. The number of hydrogen-bond acceptors (Lipinski definition) is 2. The fourth-order valence-electron chi connectivity index (χ4n) is 4.88. The minimum atomic E-state index is 0.764. The number of nitrogens with zero attached hydrogens (tertiary/aromatic N) is 1. The summed E-state index contributed by atoms with van der Waals surface area (Å²) in [5.41, 5.74) is 3.24. The molecule has 21 heavy (non-hydrogen) atoms. The molecule has 2 fully saturated rings. The Hall–Kier alpha value is -0.860. The van der Waals surface area contributed by atoms with Crippen molar-refractivity contribution in [1.29, 1.82) is 0 Å². The summed E-state index contributed by atoms with van der Waals surface area (Å²) in [6.45, 7) is 5.09. The number of rotatable bonds is 4. The standard InChI is InChI=1S/C19H28N2/c1-2-6-16-14-18-8-7-17(13-15(16)5-1)19(18)20-9-12-21-10-3-4-11-21/h1-2,5-6,17-20H,3-4,7-14H2. The molecule has 2 unspecified atom stereocenters. The average molecular weight is 284 g/mol. The van der Waals surface area contributed by atoms with E-state index < -0.39 is 0 Å². The Balaban J connectivity index is 1.38. The van der Waals surface area contributed by atoms with Gasteiger partial charge in [0.25, 0.3) is 0 Å². The fourth-order valence-corrected chi connectivity index (χ4v) is 4.88. The molecule has 2 atom stereocenters. The van der Waals surface area contributed by atoms with Gasteiger partial charge in [-0.05, 0) is 74.6 Å². The van der Waals surface area contributed by atoms with E-state index in [0.29, 0.717) is 0 Å². The zero-order valence-electron chi connectivity index (χ0n) is 13.1. The molecule has 2 aliphatic carbocycles. The number of likely N-dealkylation sites (tertiary alicyclic amines) is 1. The molecule has 0 amide bonds. The molecule has 0 spiro atoms. The largest absolute Gasteiger partial charge is 0.312 e. The first-order chi connectivity index (χ1) is 10.4. The molecular weight excluding hydrogens is 256 g/mol. The highest BCUT2D eigenvalue weighted by Crippen LogP contribution is 2.39. The maximum atomic E-state index is 3.94. The topological polar surface area (TPSA) is 15.3 Å². The maximum Gasteiger partial charge on any atom is 0.0130 e. The average Bonchev–Trinajstić information content (AvgIpc) is 3.08. The van der Waals surface area contributed by atoms with Crippen molar-refractivity contribution in [3.8, 4) is 0 Å². The normalized spacial score (nSPS) is 32.1.